The summed E-state index contributed by atoms with van der Waals surface area (Å²) < 4.78 is 38.5. The number of anilines is 1. The molecule has 0 fully saturated rings. The molecule has 0 spiro atoms. The molecule has 128 valence electrons. The van der Waals surface area contributed by atoms with Crippen LogP contribution in [0.5, 0.6) is 5.75 Å². The molecule has 0 radical (unpaired) electrons. The summed E-state index contributed by atoms with van der Waals surface area (Å²) in [4.78, 5) is 0. The molecule has 3 nitrogen and oxygen atoms in total. The number of rotatable bonds is 3. The first kappa shape index (κ1) is 19.0. The minimum Gasteiger partial charge on any atom is -0.506 e. The molecule has 0 aromatic heterocycles. The van der Waals surface area contributed by atoms with Gasteiger partial charge >= 0.3 is 6.18 Å². The molecular formula is C15H11Br2F3N2OS. The first-order valence-electron chi connectivity index (χ1n) is 6.56. The van der Waals surface area contributed by atoms with Gasteiger partial charge in [-0.2, -0.15) is 13.2 Å². The third-order valence-corrected chi connectivity index (χ3v) is 4.46. The summed E-state index contributed by atoms with van der Waals surface area (Å²) in [6.07, 6.45) is -4.34. The zero-order valence-electron chi connectivity index (χ0n) is 11.9. The molecule has 0 aliphatic rings. The highest BCUT2D eigenvalue weighted by molar-refractivity contribution is 9.11. The summed E-state index contributed by atoms with van der Waals surface area (Å²) in [6.45, 7) is 0.282. The highest BCUT2D eigenvalue weighted by atomic mass is 79.9. The van der Waals surface area contributed by atoms with Gasteiger partial charge in [0.25, 0.3) is 0 Å². The van der Waals surface area contributed by atoms with Crippen LogP contribution in [0.25, 0.3) is 0 Å². The lowest BCUT2D eigenvalue weighted by molar-refractivity contribution is -0.137. The summed E-state index contributed by atoms with van der Waals surface area (Å²) in [5.74, 6) is 0.0733. The van der Waals surface area contributed by atoms with E-state index < -0.39 is 11.7 Å². The predicted octanol–water partition coefficient (Wildman–Crippen LogP) is 5.42. The number of aromatic hydroxyl groups is 1. The van der Waals surface area contributed by atoms with Crippen LogP contribution in [0.15, 0.2) is 45.3 Å². The van der Waals surface area contributed by atoms with Crippen molar-refractivity contribution < 1.29 is 18.3 Å². The van der Waals surface area contributed by atoms with E-state index in [2.05, 4.69) is 42.5 Å². The molecule has 3 N–H and O–H groups in total. The van der Waals surface area contributed by atoms with Gasteiger partial charge in [-0.1, -0.05) is 12.1 Å². The lowest BCUT2D eigenvalue weighted by atomic mass is 10.1. The first-order chi connectivity index (χ1) is 11.2. The van der Waals surface area contributed by atoms with E-state index in [9.17, 15) is 18.3 Å². The van der Waals surface area contributed by atoms with Crippen molar-refractivity contribution in [2.75, 3.05) is 5.32 Å². The van der Waals surface area contributed by atoms with Crippen LogP contribution in [-0.4, -0.2) is 10.2 Å². The Balaban J connectivity index is 1.94. The van der Waals surface area contributed by atoms with E-state index >= 15 is 0 Å². The van der Waals surface area contributed by atoms with Crippen LogP contribution in [-0.2, 0) is 12.7 Å². The summed E-state index contributed by atoms with van der Waals surface area (Å²) >= 11 is 11.6. The maximum absolute atomic E-state index is 12.5. The van der Waals surface area contributed by atoms with Crippen molar-refractivity contribution in [2.45, 2.75) is 12.7 Å². The average Bonchev–Trinajstić information content (AvgIpc) is 2.50. The summed E-state index contributed by atoms with van der Waals surface area (Å²) in [5, 5.41) is 15.8. The lowest BCUT2D eigenvalue weighted by Gasteiger charge is -2.13. The van der Waals surface area contributed by atoms with Crippen LogP contribution in [0, 0.1) is 0 Å². The van der Waals surface area contributed by atoms with Crippen molar-refractivity contribution in [1.29, 1.82) is 0 Å². The molecule has 0 heterocycles. The third-order valence-electron chi connectivity index (χ3n) is 3.01. The van der Waals surface area contributed by atoms with Crippen molar-refractivity contribution in [3.8, 4) is 5.75 Å². The standard InChI is InChI=1S/C15H11Br2F3N2OS/c16-11-5-10(6-12(17)13(11)23)22-14(24)21-7-8-1-3-9(4-2-8)15(18,19)20/h1-6,23H,7H2,(H2,21,22,24). The second kappa shape index (κ2) is 7.71. The van der Waals surface area contributed by atoms with Gasteiger partial charge in [0.1, 0.15) is 5.75 Å². The van der Waals surface area contributed by atoms with Crippen molar-refractivity contribution >= 4 is 54.9 Å². The molecule has 0 bridgehead atoms. The number of hydrogen-bond donors (Lipinski definition) is 3. The topological polar surface area (TPSA) is 44.3 Å². The van der Waals surface area contributed by atoms with Gasteiger partial charge in [0.2, 0.25) is 0 Å². The van der Waals surface area contributed by atoms with Crippen LogP contribution < -0.4 is 10.6 Å². The zero-order chi connectivity index (χ0) is 17.9. The number of phenols is 1. The van der Waals surface area contributed by atoms with Crippen molar-refractivity contribution in [2.24, 2.45) is 0 Å². The molecule has 0 saturated heterocycles. The van der Waals surface area contributed by atoms with Crippen LogP contribution in [0.3, 0.4) is 0 Å². The van der Waals surface area contributed by atoms with Gasteiger partial charge in [-0.25, -0.2) is 0 Å². The lowest BCUT2D eigenvalue weighted by Crippen LogP contribution is -2.27. The quantitative estimate of drug-likeness (QED) is 0.402. The van der Waals surface area contributed by atoms with Crippen LogP contribution in [0.4, 0.5) is 18.9 Å². The fourth-order valence-electron chi connectivity index (χ4n) is 1.81. The summed E-state index contributed by atoms with van der Waals surface area (Å²) in [6, 6.07) is 8.14. The van der Waals surface area contributed by atoms with E-state index in [0.717, 1.165) is 12.1 Å². The minimum absolute atomic E-state index is 0.0733. The Labute approximate surface area is 158 Å². The second-order valence-corrected chi connectivity index (χ2v) is 6.91. The third kappa shape index (κ3) is 5.09. The molecule has 0 saturated carbocycles. The van der Waals surface area contributed by atoms with E-state index in [1.54, 1.807) is 12.1 Å². The fraction of sp³-hybridized carbons (Fsp3) is 0.133. The first-order valence-corrected chi connectivity index (χ1v) is 8.55. The minimum atomic E-state index is -4.34. The largest absolute Gasteiger partial charge is 0.506 e. The summed E-state index contributed by atoms with van der Waals surface area (Å²) in [5.41, 5.74) is 0.613. The van der Waals surface area contributed by atoms with E-state index in [1.165, 1.54) is 12.1 Å². The molecule has 24 heavy (non-hydrogen) atoms. The zero-order valence-corrected chi connectivity index (χ0v) is 15.9. The molecule has 2 aromatic rings. The molecule has 0 unspecified atom stereocenters. The molecule has 2 aromatic carbocycles. The second-order valence-electron chi connectivity index (χ2n) is 4.79. The molecule has 0 amide bonds. The van der Waals surface area contributed by atoms with E-state index in [-0.39, 0.29) is 12.3 Å². The maximum Gasteiger partial charge on any atom is 0.416 e. The number of alkyl halides is 3. The van der Waals surface area contributed by atoms with Gasteiger partial charge in [-0.15, -0.1) is 0 Å². The van der Waals surface area contributed by atoms with E-state index in [0.29, 0.717) is 25.3 Å². The molecule has 2 rings (SSSR count). The van der Waals surface area contributed by atoms with Crippen LogP contribution in [0.2, 0.25) is 0 Å². The number of thiocarbonyl (C=S) groups is 1. The predicted molar refractivity (Wildman–Crippen MR) is 98.0 cm³/mol. The fourth-order valence-corrected chi connectivity index (χ4v) is 3.18. The maximum atomic E-state index is 12.5. The Bertz CT molecular complexity index is 728. The average molecular weight is 484 g/mol. The van der Waals surface area contributed by atoms with Gasteiger partial charge in [-0.3, -0.25) is 0 Å². The van der Waals surface area contributed by atoms with Crippen LogP contribution in [0.1, 0.15) is 11.1 Å². The molecule has 0 aliphatic carbocycles. The van der Waals surface area contributed by atoms with Crippen molar-refractivity contribution in [3.05, 3.63) is 56.5 Å². The highest BCUT2D eigenvalue weighted by Crippen LogP contribution is 2.35. The number of nitrogens with one attached hydrogen (secondary N) is 2. The molecule has 0 aliphatic heterocycles. The Morgan fingerprint density at radius 1 is 1.08 bits per heavy atom. The van der Waals surface area contributed by atoms with Crippen LogP contribution >= 0.6 is 44.1 Å². The smallest absolute Gasteiger partial charge is 0.416 e. The number of phenolic OH excluding ortho intramolecular Hbond substituents is 1. The molecule has 9 heteroatoms. The Morgan fingerprint density at radius 2 is 1.62 bits per heavy atom. The van der Waals surface area contributed by atoms with Gasteiger partial charge in [0, 0.05) is 12.2 Å². The Morgan fingerprint density at radius 3 is 2.12 bits per heavy atom. The Kier molecular flexibility index (Phi) is 6.11. The number of halogens is 5. The highest BCUT2D eigenvalue weighted by Gasteiger charge is 2.29. The summed E-state index contributed by atoms with van der Waals surface area (Å²) in [7, 11) is 0. The number of benzene rings is 2. The Hall–Kier alpha value is -1.32. The van der Waals surface area contributed by atoms with Crippen molar-refractivity contribution in [3.63, 3.8) is 0 Å². The normalized spacial score (nSPS) is 11.2. The van der Waals surface area contributed by atoms with Gasteiger partial charge in [0.05, 0.1) is 14.5 Å². The van der Waals surface area contributed by atoms with Gasteiger partial charge < -0.3 is 15.7 Å². The van der Waals surface area contributed by atoms with E-state index in [4.69, 9.17) is 12.2 Å². The molecule has 0 atom stereocenters. The SMILES string of the molecule is Oc1c(Br)cc(NC(=S)NCc2ccc(C(F)(F)F)cc2)cc1Br. The van der Waals surface area contributed by atoms with Gasteiger partial charge in [-0.05, 0) is 73.9 Å². The monoisotopic (exact) mass is 482 g/mol. The van der Waals surface area contributed by atoms with Crippen molar-refractivity contribution in [1.82, 2.24) is 5.32 Å². The van der Waals surface area contributed by atoms with E-state index in [1.807, 2.05) is 0 Å². The van der Waals surface area contributed by atoms with Gasteiger partial charge in [0.15, 0.2) is 5.11 Å². The number of hydrogen-bond acceptors (Lipinski definition) is 2. The molecular weight excluding hydrogens is 473 g/mol.